The van der Waals surface area contributed by atoms with Crippen molar-refractivity contribution in [3.63, 3.8) is 0 Å². The summed E-state index contributed by atoms with van der Waals surface area (Å²) in [6.45, 7) is 19.0. The fourth-order valence-electron chi connectivity index (χ4n) is 23.5. The number of nitrogens with one attached hydrogen (secondary N) is 4. The summed E-state index contributed by atoms with van der Waals surface area (Å²) in [6, 6.07) is 6.93. The Hall–Kier alpha value is -4.21. The summed E-state index contributed by atoms with van der Waals surface area (Å²) in [5.41, 5.74) is 7.61. The Morgan fingerprint density at radius 2 is 1.64 bits per heavy atom. The summed E-state index contributed by atoms with van der Waals surface area (Å²) in [7, 11) is 4.04. The molecule has 1 spiro atoms. The van der Waals surface area contributed by atoms with Crippen LogP contribution in [0, 0.1) is 56.2 Å². The fourth-order valence-corrected chi connectivity index (χ4v) is 23.5. The van der Waals surface area contributed by atoms with Crippen molar-refractivity contribution in [2.45, 2.75) is 224 Å². The number of ether oxygens (including phenoxy) is 2. The molecule has 85 heavy (non-hydrogen) atoms. The molecule has 17 atom stereocenters. The van der Waals surface area contributed by atoms with E-state index in [4.69, 9.17) is 9.47 Å². The van der Waals surface area contributed by atoms with Crippen LogP contribution in [0.5, 0.6) is 0 Å². The molecule has 7 N–H and O–H groups in total. The van der Waals surface area contributed by atoms with Crippen LogP contribution in [0.15, 0.2) is 47.9 Å². The van der Waals surface area contributed by atoms with Crippen molar-refractivity contribution in [1.29, 1.82) is 0 Å². The number of aryl methyl sites for hydroxylation is 1. The number of Topliss-reactive ketones (excluding diaryl/α,β-unsaturated/α-hetero) is 3. The number of epoxide rings is 1. The Balaban J connectivity index is 0.935. The van der Waals surface area contributed by atoms with Crippen LogP contribution in [0.4, 0.5) is 0 Å². The van der Waals surface area contributed by atoms with Gasteiger partial charge in [-0.3, -0.25) is 14.4 Å². The number of aromatic nitrogens is 3. The second-order valence-electron chi connectivity index (χ2n) is 31.7. The molecule has 13 heteroatoms. The van der Waals surface area contributed by atoms with Crippen molar-refractivity contribution in [2.24, 2.45) is 56.2 Å². The smallest absolute Gasteiger partial charge is 0.160 e. The maximum absolute atomic E-state index is 16.1. The Bertz CT molecular complexity index is 3450. The molecule has 0 radical (unpaired) electrons. The number of aromatic amines is 2. The van der Waals surface area contributed by atoms with Gasteiger partial charge in [-0.05, 0) is 214 Å². The third-order valence-electron chi connectivity index (χ3n) is 27.6. The van der Waals surface area contributed by atoms with Gasteiger partial charge in [0.05, 0.1) is 46.3 Å². The first-order valence-electron chi connectivity index (χ1n) is 33.5. The molecule has 2 saturated heterocycles. The second kappa shape index (κ2) is 19.4. The van der Waals surface area contributed by atoms with E-state index in [-0.39, 0.29) is 41.3 Å². The number of rotatable bonds is 11. The van der Waals surface area contributed by atoms with Gasteiger partial charge in [0.1, 0.15) is 17.7 Å². The van der Waals surface area contributed by atoms with Crippen LogP contribution in [0.25, 0.3) is 11.0 Å². The molecule has 2 bridgehead atoms. The van der Waals surface area contributed by atoms with Crippen molar-refractivity contribution >= 4 is 28.4 Å². The van der Waals surface area contributed by atoms with Gasteiger partial charge < -0.3 is 50.0 Å². The molecular formula is C72H97N5O8. The lowest BCUT2D eigenvalue weighted by molar-refractivity contribution is -0.267. The summed E-state index contributed by atoms with van der Waals surface area (Å²) in [6.07, 6.45) is 18.0. The van der Waals surface area contributed by atoms with Gasteiger partial charge >= 0.3 is 0 Å². The van der Waals surface area contributed by atoms with Gasteiger partial charge in [0.2, 0.25) is 0 Å². The number of carbonyl (C=O) groups is 3. The fraction of sp³-hybridized carbons (Fsp3) is 0.708. The predicted octanol–water partition coefficient (Wildman–Crippen LogP) is 10.9. The largest absolute Gasteiger partial charge is 0.392 e. The number of H-pyrrole nitrogens is 2. The molecule has 13 nitrogen and oxygen atoms in total. The average Bonchev–Trinajstić information content (AvgIpc) is 1.69. The standard InChI is InChI=1S/C72H97N5O8/c1-65(2)64(85-65)52(80)33-66(3)20-16-41-36-76-59-47(54-46-30-42(43-13-11-10-12-40(43)35-74-9)31-49(44(46)14-15-50(54)78)72(83)24-28-84-29-25-72)37-77(60(41)59)38-48-55-57(66)51(79)34-69(55,6)68(5)21-18-53-67(4,23-27-73-8)63(82)56-45-19-26-75-58(45)39-17-22-71(56,32-39)70(53,7)62(68)61(48)81/h19,26,30-31,36-37,39-40,43,48,52-54,56,61-62,64,73-76,80-81,83H,10-18,20-25,27-29,32-35,38H2,1-9H3/t39-,40-,43+,48-,52-,53+,54+,56+,61-,62+,64-,66+,67+,68+,69+,70-,71-/m1/s1. The molecule has 7 fully saturated rings. The minimum atomic E-state index is -1.07. The molecule has 8 aliphatic carbocycles. The molecule has 0 unspecified atom stereocenters. The van der Waals surface area contributed by atoms with Gasteiger partial charge in [-0.25, -0.2) is 0 Å². The lowest BCUT2D eigenvalue weighted by Gasteiger charge is -2.76. The van der Waals surface area contributed by atoms with Gasteiger partial charge in [-0.2, -0.15) is 0 Å². The van der Waals surface area contributed by atoms with Gasteiger partial charge in [0, 0.05) is 97.6 Å². The van der Waals surface area contributed by atoms with Crippen molar-refractivity contribution in [3.8, 4) is 0 Å². The number of carbonyl (C=O) groups excluding carboxylic acids is 3. The monoisotopic (exact) mass is 1160 g/mol. The third-order valence-corrected chi connectivity index (χ3v) is 27.6. The van der Waals surface area contributed by atoms with E-state index in [1.54, 1.807) is 0 Å². The molecule has 3 aromatic heterocycles. The second-order valence-corrected chi connectivity index (χ2v) is 31.7. The van der Waals surface area contributed by atoms with Crippen LogP contribution in [0.2, 0.25) is 0 Å². The molecule has 4 aromatic rings. The van der Waals surface area contributed by atoms with Crippen molar-refractivity contribution in [3.05, 3.63) is 92.6 Å². The van der Waals surface area contributed by atoms with Crippen LogP contribution in [-0.2, 0) is 48.8 Å². The summed E-state index contributed by atoms with van der Waals surface area (Å²) in [5.74, 6) is 0.0860. The van der Waals surface area contributed by atoms with Crippen LogP contribution < -0.4 is 10.6 Å². The zero-order valence-electron chi connectivity index (χ0n) is 52.4. The normalized spacial score (nSPS) is 41.6. The highest BCUT2D eigenvalue weighted by molar-refractivity contribution is 6.02. The molecule has 1 aromatic carbocycles. The van der Waals surface area contributed by atoms with Crippen molar-refractivity contribution in [2.75, 3.05) is 40.4 Å². The van der Waals surface area contributed by atoms with E-state index in [1.165, 1.54) is 23.2 Å². The van der Waals surface area contributed by atoms with Gasteiger partial charge in [0.15, 0.2) is 5.78 Å². The molecule has 15 rings (SSSR count). The Labute approximate surface area is 503 Å². The van der Waals surface area contributed by atoms with Crippen LogP contribution >= 0.6 is 0 Å². The average molecular weight is 1160 g/mol. The van der Waals surface area contributed by atoms with Gasteiger partial charge in [-0.1, -0.05) is 59.6 Å². The topological polar surface area (TPSA) is 194 Å². The van der Waals surface area contributed by atoms with Gasteiger partial charge in [-0.15, -0.1) is 0 Å². The molecule has 5 saturated carbocycles. The highest BCUT2D eigenvalue weighted by Crippen LogP contribution is 2.84. The van der Waals surface area contributed by atoms with E-state index < -0.39 is 67.7 Å². The number of allylic oxidation sites excluding steroid dienone is 1. The zero-order valence-corrected chi connectivity index (χ0v) is 52.4. The highest BCUT2D eigenvalue weighted by Gasteiger charge is 2.80. The summed E-state index contributed by atoms with van der Waals surface area (Å²) in [5, 5.41) is 47.0. The maximum Gasteiger partial charge on any atom is 0.160 e. The molecule has 11 aliphatic rings. The number of aliphatic hydroxyl groups is 3. The van der Waals surface area contributed by atoms with Crippen molar-refractivity contribution in [1.82, 2.24) is 25.2 Å². The number of hydrogen-bond acceptors (Lipinski definition) is 10. The quantitative estimate of drug-likeness (QED) is 0.0711. The SMILES string of the molecule is CNCC[C@]1(C)C(=O)[C@@H]2c3cc[nH]c3[C@@H]3CC[C@]2(C3)[C@@]2(C)[C@H]3[C@H](O)[C@@H]4Cn5cc([C@H]6C(=O)CCc7c6cc([C@H]6CCCC[C@@H]6CNC)cc7C6(O)CCOCC6)c6[nH]cc(c65)CC[C@@](C)(C[C@@H](O)[C@H]5OC5(C)C)C5=C4[C@](C)(CC5=O)[C@@]3(C)CC[C@H]21. The zero-order chi connectivity index (χ0) is 59.3. The van der Waals surface area contributed by atoms with Crippen LogP contribution in [-0.4, -0.2) is 112 Å². The molecule has 6 heterocycles. The van der Waals surface area contributed by atoms with E-state index >= 15 is 14.4 Å². The van der Waals surface area contributed by atoms with Crippen LogP contribution in [0.1, 0.15) is 220 Å². The first-order valence-corrected chi connectivity index (χ1v) is 33.5. The van der Waals surface area contributed by atoms with E-state index in [1.807, 2.05) is 27.9 Å². The predicted molar refractivity (Wildman–Crippen MR) is 327 cm³/mol. The number of ketones is 3. The van der Waals surface area contributed by atoms with Crippen LogP contribution in [0.3, 0.4) is 0 Å². The lowest BCUT2D eigenvalue weighted by Crippen LogP contribution is -2.74. The number of hydrogen-bond donors (Lipinski definition) is 7. The number of benzene rings is 1. The highest BCUT2D eigenvalue weighted by atomic mass is 16.6. The lowest BCUT2D eigenvalue weighted by atomic mass is 9.28. The van der Waals surface area contributed by atoms with E-state index in [0.29, 0.717) is 95.2 Å². The summed E-state index contributed by atoms with van der Waals surface area (Å²) >= 11 is 0. The first kappa shape index (κ1) is 57.2. The molecule has 458 valence electrons. The number of nitrogens with zero attached hydrogens (tertiary/aromatic N) is 1. The Kier molecular flexibility index (Phi) is 13.1. The van der Waals surface area contributed by atoms with Crippen molar-refractivity contribution < 1.29 is 39.2 Å². The Morgan fingerprint density at radius 3 is 2.39 bits per heavy atom. The maximum atomic E-state index is 16.1. The molecule has 0 amide bonds. The van der Waals surface area contributed by atoms with E-state index in [2.05, 4.69) is 96.6 Å². The minimum Gasteiger partial charge on any atom is -0.392 e. The first-order chi connectivity index (χ1) is 40.5. The molecule has 3 aliphatic heterocycles. The number of fused-ring (bicyclic) bond motifs is 9. The number of aliphatic hydroxyl groups excluding tert-OH is 2. The summed E-state index contributed by atoms with van der Waals surface area (Å²) in [4.78, 5) is 55.0. The molecular weight excluding hydrogens is 1060 g/mol. The minimum absolute atomic E-state index is 0.00580. The third kappa shape index (κ3) is 7.68. The van der Waals surface area contributed by atoms with E-state index in [9.17, 15) is 15.3 Å². The van der Waals surface area contributed by atoms with E-state index in [0.717, 1.165) is 114 Å². The summed E-state index contributed by atoms with van der Waals surface area (Å²) < 4.78 is 14.5. The van der Waals surface area contributed by atoms with Gasteiger partial charge in [0.25, 0.3) is 0 Å². The Morgan fingerprint density at radius 1 is 0.859 bits per heavy atom.